The van der Waals surface area contributed by atoms with Crippen molar-refractivity contribution < 1.29 is 14.3 Å². The largest absolute Gasteiger partial charge is 0.377 e. The summed E-state index contributed by atoms with van der Waals surface area (Å²) in [6, 6.07) is 10.2. The normalized spacial score (nSPS) is 34.8. The van der Waals surface area contributed by atoms with E-state index < -0.39 is 5.60 Å². The van der Waals surface area contributed by atoms with Crippen LogP contribution in [0.15, 0.2) is 42.5 Å². The van der Waals surface area contributed by atoms with Crippen molar-refractivity contribution in [3.8, 4) is 0 Å². The highest BCUT2D eigenvalue weighted by molar-refractivity contribution is 5.93. The number of rotatable bonds is 6. The first-order valence-corrected chi connectivity index (χ1v) is 9.67. The molecule has 0 radical (unpaired) electrons. The molecule has 2 fully saturated rings. The van der Waals surface area contributed by atoms with E-state index in [2.05, 4.69) is 31.2 Å². The molecule has 1 aromatic carbocycles. The fourth-order valence-electron chi connectivity index (χ4n) is 5.01. The van der Waals surface area contributed by atoms with Crippen LogP contribution in [0.5, 0.6) is 0 Å². The lowest BCUT2D eigenvalue weighted by Gasteiger charge is -2.35. The zero-order valence-corrected chi connectivity index (χ0v) is 15.1. The second-order valence-electron chi connectivity index (χ2n) is 7.97. The molecule has 1 aliphatic carbocycles. The Morgan fingerprint density at radius 3 is 2.88 bits per heavy atom. The molecule has 3 heteroatoms. The van der Waals surface area contributed by atoms with Crippen LogP contribution in [0.2, 0.25) is 0 Å². The highest BCUT2D eigenvalue weighted by Gasteiger charge is 2.64. The van der Waals surface area contributed by atoms with Crippen molar-refractivity contribution in [3.63, 3.8) is 0 Å². The molecule has 4 atom stereocenters. The van der Waals surface area contributed by atoms with Crippen molar-refractivity contribution in [1.82, 2.24) is 0 Å². The summed E-state index contributed by atoms with van der Waals surface area (Å²) in [5.41, 5.74) is 0.365. The molecule has 1 saturated carbocycles. The molecule has 134 valence electrons. The predicted molar refractivity (Wildman–Crippen MR) is 97.1 cm³/mol. The van der Waals surface area contributed by atoms with Crippen LogP contribution in [0.4, 0.5) is 0 Å². The molecule has 3 aliphatic rings. The van der Waals surface area contributed by atoms with Gasteiger partial charge in [0.1, 0.15) is 5.60 Å². The van der Waals surface area contributed by atoms with Gasteiger partial charge in [-0.15, -0.1) is 0 Å². The van der Waals surface area contributed by atoms with Crippen LogP contribution >= 0.6 is 0 Å². The first-order chi connectivity index (χ1) is 12.2. The van der Waals surface area contributed by atoms with Gasteiger partial charge in [-0.3, -0.25) is 4.79 Å². The van der Waals surface area contributed by atoms with Gasteiger partial charge in [0.05, 0.1) is 18.1 Å². The third kappa shape index (κ3) is 2.88. The Bertz CT molecular complexity index is 652. The lowest BCUT2D eigenvalue weighted by molar-refractivity contribution is -0.152. The van der Waals surface area contributed by atoms with Crippen molar-refractivity contribution in [2.24, 2.45) is 11.8 Å². The van der Waals surface area contributed by atoms with Gasteiger partial charge >= 0.3 is 0 Å². The van der Waals surface area contributed by atoms with E-state index in [1.807, 2.05) is 18.2 Å². The lowest BCUT2D eigenvalue weighted by Crippen LogP contribution is -2.44. The monoisotopic (exact) mass is 340 g/mol. The van der Waals surface area contributed by atoms with E-state index >= 15 is 0 Å². The number of carbonyl (C=O) groups is 1. The number of hydrogen-bond acceptors (Lipinski definition) is 3. The lowest BCUT2D eigenvalue weighted by atomic mass is 9.75. The molecule has 2 heterocycles. The zero-order chi connectivity index (χ0) is 17.3. The Morgan fingerprint density at radius 1 is 1.24 bits per heavy atom. The van der Waals surface area contributed by atoms with Gasteiger partial charge in [-0.2, -0.15) is 0 Å². The maximum atomic E-state index is 13.2. The van der Waals surface area contributed by atoms with Crippen LogP contribution in [-0.4, -0.2) is 23.6 Å². The van der Waals surface area contributed by atoms with E-state index in [0.29, 0.717) is 19.0 Å². The summed E-state index contributed by atoms with van der Waals surface area (Å²) in [5.74, 6) is 0.663. The number of benzene rings is 1. The maximum absolute atomic E-state index is 13.2. The Labute approximate surface area is 150 Å². The number of hydrogen-bond donors (Lipinski definition) is 0. The molecular formula is C22H28O3. The Morgan fingerprint density at radius 2 is 2.04 bits per heavy atom. The van der Waals surface area contributed by atoms with Gasteiger partial charge < -0.3 is 9.47 Å². The highest BCUT2D eigenvalue weighted by atomic mass is 16.5. The van der Waals surface area contributed by atoms with Gasteiger partial charge in [-0.1, -0.05) is 49.4 Å². The topological polar surface area (TPSA) is 35.5 Å². The number of fused-ring (bicyclic) bond motifs is 1. The molecule has 0 aromatic heterocycles. The van der Waals surface area contributed by atoms with E-state index in [-0.39, 0.29) is 17.4 Å². The van der Waals surface area contributed by atoms with Crippen LogP contribution in [-0.2, 0) is 20.9 Å². The van der Waals surface area contributed by atoms with Gasteiger partial charge in [0.2, 0.25) is 0 Å². The number of carbonyl (C=O) groups excluding carboxylic acids is 1. The number of ether oxygens (including phenoxy) is 2. The van der Waals surface area contributed by atoms with Crippen molar-refractivity contribution in [2.75, 3.05) is 6.61 Å². The van der Waals surface area contributed by atoms with E-state index in [4.69, 9.17) is 9.47 Å². The van der Waals surface area contributed by atoms with Crippen molar-refractivity contribution >= 4 is 5.78 Å². The third-order valence-electron chi connectivity index (χ3n) is 6.50. The fraction of sp³-hybridized carbons (Fsp3) is 0.591. The Kier molecular flexibility index (Phi) is 4.55. The molecule has 1 spiro atoms. The van der Waals surface area contributed by atoms with Crippen LogP contribution in [0.25, 0.3) is 0 Å². The van der Waals surface area contributed by atoms with Crippen LogP contribution in [0.1, 0.15) is 51.0 Å². The Balaban J connectivity index is 1.40. The summed E-state index contributed by atoms with van der Waals surface area (Å²) in [6.07, 6.45) is 10.1. The predicted octanol–water partition coefficient (Wildman–Crippen LogP) is 4.46. The summed E-state index contributed by atoms with van der Waals surface area (Å²) >= 11 is 0. The molecule has 1 aromatic rings. The molecule has 2 bridgehead atoms. The minimum absolute atomic E-state index is 0.116. The molecule has 0 N–H and O–H groups in total. The second-order valence-corrected chi connectivity index (χ2v) is 7.97. The van der Waals surface area contributed by atoms with Crippen LogP contribution < -0.4 is 0 Å². The summed E-state index contributed by atoms with van der Waals surface area (Å²) < 4.78 is 12.5. The zero-order valence-electron chi connectivity index (χ0n) is 15.1. The molecule has 0 amide bonds. The highest BCUT2D eigenvalue weighted by Crippen LogP contribution is 2.56. The van der Waals surface area contributed by atoms with E-state index in [1.165, 1.54) is 5.56 Å². The molecule has 2 unspecified atom stereocenters. The van der Waals surface area contributed by atoms with Gasteiger partial charge in [-0.25, -0.2) is 0 Å². The maximum Gasteiger partial charge on any atom is 0.171 e. The molecule has 2 aliphatic heterocycles. The summed E-state index contributed by atoms with van der Waals surface area (Å²) in [5, 5.41) is 0. The fourth-order valence-corrected chi connectivity index (χ4v) is 5.01. The van der Waals surface area contributed by atoms with Crippen LogP contribution in [0, 0.1) is 11.8 Å². The molecule has 25 heavy (non-hydrogen) atoms. The van der Waals surface area contributed by atoms with E-state index in [9.17, 15) is 4.79 Å². The van der Waals surface area contributed by atoms with Gasteiger partial charge in [0.15, 0.2) is 5.78 Å². The van der Waals surface area contributed by atoms with Crippen LogP contribution in [0.3, 0.4) is 0 Å². The van der Waals surface area contributed by atoms with Gasteiger partial charge in [-0.05, 0) is 43.6 Å². The molecule has 1 saturated heterocycles. The smallest absolute Gasteiger partial charge is 0.171 e. The SMILES string of the molecule is CC(CCOCc1ccccc1)[C@@]12CC=CC[C@]3(CCCC3C1=O)O2. The number of ketones is 1. The molecular weight excluding hydrogens is 312 g/mol. The second kappa shape index (κ2) is 6.69. The third-order valence-corrected chi connectivity index (χ3v) is 6.50. The summed E-state index contributed by atoms with van der Waals surface area (Å²) in [4.78, 5) is 13.2. The van der Waals surface area contributed by atoms with Crippen molar-refractivity contribution in [2.45, 2.75) is 63.3 Å². The minimum atomic E-state index is -0.617. The number of Topliss-reactive ketones (excluding diaryl/α,β-unsaturated/α-hetero) is 1. The molecule has 4 rings (SSSR count). The average molecular weight is 340 g/mol. The first kappa shape index (κ1) is 17.0. The van der Waals surface area contributed by atoms with Crippen molar-refractivity contribution in [1.29, 1.82) is 0 Å². The van der Waals surface area contributed by atoms with E-state index in [0.717, 1.165) is 38.5 Å². The quantitative estimate of drug-likeness (QED) is 0.567. The summed E-state index contributed by atoms with van der Waals surface area (Å²) in [6.45, 7) is 3.45. The summed E-state index contributed by atoms with van der Waals surface area (Å²) in [7, 11) is 0. The first-order valence-electron chi connectivity index (χ1n) is 9.67. The Hall–Kier alpha value is -1.45. The molecule has 3 nitrogen and oxygen atoms in total. The minimum Gasteiger partial charge on any atom is -0.377 e. The van der Waals surface area contributed by atoms with Crippen molar-refractivity contribution in [3.05, 3.63) is 48.0 Å². The van der Waals surface area contributed by atoms with Gasteiger partial charge in [0.25, 0.3) is 0 Å². The van der Waals surface area contributed by atoms with E-state index in [1.54, 1.807) is 0 Å². The standard InChI is InChI=1S/C22H28O3/c1-17(11-15-24-16-18-8-3-2-4-9-18)22-14-6-5-12-21(25-22)13-7-10-19(21)20(22)23/h2-6,8-9,17,19H,7,10-16H2,1H3/t17?,19?,21-,22+/m1/s1. The average Bonchev–Trinajstić information content (AvgIpc) is 3.03. The van der Waals surface area contributed by atoms with Gasteiger partial charge in [0, 0.05) is 13.0 Å².